The zero-order valence-electron chi connectivity index (χ0n) is 16.5. The first-order valence-corrected chi connectivity index (χ1v) is 9.22. The highest BCUT2D eigenvalue weighted by Gasteiger charge is 2.34. The number of benzene rings is 2. The van der Waals surface area contributed by atoms with Gasteiger partial charge in [-0.25, -0.2) is 9.59 Å². The van der Waals surface area contributed by atoms with Gasteiger partial charge >= 0.3 is 12.0 Å². The van der Waals surface area contributed by atoms with Crippen LogP contribution in [-0.4, -0.2) is 32.2 Å². The summed E-state index contributed by atoms with van der Waals surface area (Å²) in [5.41, 5.74) is 3.45. The van der Waals surface area contributed by atoms with Crippen LogP contribution in [0.4, 0.5) is 10.5 Å². The van der Waals surface area contributed by atoms with Gasteiger partial charge in [0, 0.05) is 19.8 Å². The number of carbonyl (C=O) groups excluding carboxylic acids is 2. The van der Waals surface area contributed by atoms with Crippen molar-refractivity contribution in [2.24, 2.45) is 0 Å². The molecular formula is C22H25N3O3. The summed E-state index contributed by atoms with van der Waals surface area (Å²) in [5.74, 6) is -0.456. The predicted octanol–water partition coefficient (Wildman–Crippen LogP) is 3.47. The van der Waals surface area contributed by atoms with Crippen LogP contribution in [0.15, 0.2) is 60.2 Å². The summed E-state index contributed by atoms with van der Waals surface area (Å²) in [5, 5.41) is 5.65. The zero-order valence-corrected chi connectivity index (χ0v) is 16.5. The Morgan fingerprint density at radius 2 is 1.68 bits per heavy atom. The van der Waals surface area contributed by atoms with E-state index in [0.717, 1.165) is 16.8 Å². The summed E-state index contributed by atoms with van der Waals surface area (Å²) >= 11 is 0. The predicted molar refractivity (Wildman–Crippen MR) is 110 cm³/mol. The summed E-state index contributed by atoms with van der Waals surface area (Å²) in [6.45, 7) is 3.60. The average Bonchev–Trinajstić information content (AvgIpc) is 2.67. The second-order valence-corrected chi connectivity index (χ2v) is 7.13. The Kier molecular flexibility index (Phi) is 5.68. The van der Waals surface area contributed by atoms with E-state index in [1.165, 1.54) is 0 Å². The number of nitrogens with one attached hydrogen (secondary N) is 2. The molecule has 0 radical (unpaired) electrons. The van der Waals surface area contributed by atoms with E-state index in [1.54, 1.807) is 13.8 Å². The average molecular weight is 379 g/mol. The van der Waals surface area contributed by atoms with Crippen LogP contribution >= 0.6 is 0 Å². The molecule has 6 heteroatoms. The molecule has 0 aliphatic carbocycles. The molecule has 0 saturated heterocycles. The molecule has 3 rings (SSSR count). The number of rotatable bonds is 5. The SMILES string of the molecule is CC(C)OC(=O)C1=C(c2ccccc2)NC(=O)NC1c1ccc(N(C)C)cc1. The van der Waals surface area contributed by atoms with E-state index in [-0.39, 0.29) is 12.1 Å². The minimum absolute atomic E-state index is 0.272. The van der Waals surface area contributed by atoms with Gasteiger partial charge in [0.15, 0.2) is 0 Å². The molecule has 2 aromatic carbocycles. The number of nitrogens with zero attached hydrogens (tertiary/aromatic N) is 1. The van der Waals surface area contributed by atoms with Crippen LogP contribution in [0.25, 0.3) is 5.70 Å². The van der Waals surface area contributed by atoms with Gasteiger partial charge in [0.25, 0.3) is 0 Å². The van der Waals surface area contributed by atoms with Crippen LogP contribution in [0.2, 0.25) is 0 Å². The second-order valence-electron chi connectivity index (χ2n) is 7.13. The van der Waals surface area contributed by atoms with Crippen molar-refractivity contribution in [1.29, 1.82) is 0 Å². The third-order valence-electron chi connectivity index (χ3n) is 4.44. The molecule has 1 aliphatic heterocycles. The number of hydrogen-bond donors (Lipinski definition) is 2. The van der Waals surface area contributed by atoms with Crippen molar-refractivity contribution in [3.63, 3.8) is 0 Å². The van der Waals surface area contributed by atoms with E-state index in [9.17, 15) is 9.59 Å². The first-order valence-electron chi connectivity index (χ1n) is 9.22. The molecule has 0 bridgehead atoms. The topological polar surface area (TPSA) is 70.7 Å². The first-order chi connectivity index (χ1) is 13.4. The standard InChI is InChI=1S/C22H25N3O3/c1-14(2)28-21(26)18-19(15-8-6-5-7-9-15)23-22(27)24-20(18)16-10-12-17(13-11-16)25(3)4/h5-14,20H,1-4H3,(H2,23,24,27). The van der Waals surface area contributed by atoms with Gasteiger partial charge in [-0.05, 0) is 37.1 Å². The van der Waals surface area contributed by atoms with Gasteiger partial charge in [0.2, 0.25) is 0 Å². The van der Waals surface area contributed by atoms with Crippen LogP contribution in [0.5, 0.6) is 0 Å². The molecule has 2 N–H and O–H groups in total. The fraction of sp³-hybridized carbons (Fsp3) is 0.273. The third kappa shape index (κ3) is 4.17. The van der Waals surface area contributed by atoms with Crippen molar-refractivity contribution in [3.8, 4) is 0 Å². The van der Waals surface area contributed by atoms with Gasteiger partial charge in [-0.15, -0.1) is 0 Å². The van der Waals surface area contributed by atoms with Crippen molar-refractivity contribution >= 4 is 23.4 Å². The van der Waals surface area contributed by atoms with Crippen molar-refractivity contribution in [3.05, 3.63) is 71.3 Å². The van der Waals surface area contributed by atoms with E-state index in [0.29, 0.717) is 11.3 Å². The Hall–Kier alpha value is -3.28. The number of carbonyl (C=O) groups is 2. The maximum Gasteiger partial charge on any atom is 0.338 e. The van der Waals surface area contributed by atoms with Crippen LogP contribution in [0.1, 0.15) is 31.0 Å². The van der Waals surface area contributed by atoms with E-state index in [4.69, 9.17) is 4.74 Å². The molecule has 1 unspecified atom stereocenters. The summed E-state index contributed by atoms with van der Waals surface area (Å²) < 4.78 is 5.49. The maximum atomic E-state index is 13.0. The lowest BCUT2D eigenvalue weighted by molar-refractivity contribution is -0.143. The van der Waals surface area contributed by atoms with Gasteiger partial charge in [-0.3, -0.25) is 0 Å². The summed E-state index contributed by atoms with van der Waals surface area (Å²) in [7, 11) is 3.92. The van der Waals surface area contributed by atoms with Crippen molar-refractivity contribution < 1.29 is 14.3 Å². The Morgan fingerprint density at radius 3 is 2.25 bits per heavy atom. The highest BCUT2D eigenvalue weighted by molar-refractivity contribution is 6.04. The van der Waals surface area contributed by atoms with E-state index < -0.39 is 12.0 Å². The highest BCUT2D eigenvalue weighted by Crippen LogP contribution is 2.32. The van der Waals surface area contributed by atoms with E-state index in [1.807, 2.05) is 73.6 Å². The van der Waals surface area contributed by atoms with Crippen LogP contribution < -0.4 is 15.5 Å². The quantitative estimate of drug-likeness (QED) is 0.781. The molecule has 1 heterocycles. The number of urea groups is 1. The van der Waals surface area contributed by atoms with Gasteiger partial charge in [-0.1, -0.05) is 42.5 Å². The minimum Gasteiger partial charge on any atom is -0.459 e. The zero-order chi connectivity index (χ0) is 20.3. The Balaban J connectivity index is 2.12. The van der Waals surface area contributed by atoms with Crippen molar-refractivity contribution in [2.75, 3.05) is 19.0 Å². The molecule has 6 nitrogen and oxygen atoms in total. The molecule has 0 saturated carbocycles. The smallest absolute Gasteiger partial charge is 0.338 e. The lowest BCUT2D eigenvalue weighted by Crippen LogP contribution is -2.45. The number of hydrogen-bond acceptors (Lipinski definition) is 4. The van der Waals surface area contributed by atoms with Crippen molar-refractivity contribution in [2.45, 2.75) is 26.0 Å². The highest BCUT2D eigenvalue weighted by atomic mass is 16.5. The van der Waals surface area contributed by atoms with Gasteiger partial charge < -0.3 is 20.3 Å². The van der Waals surface area contributed by atoms with E-state index in [2.05, 4.69) is 10.6 Å². The molecule has 146 valence electrons. The largest absolute Gasteiger partial charge is 0.459 e. The molecule has 0 aromatic heterocycles. The summed E-state index contributed by atoms with van der Waals surface area (Å²) in [4.78, 5) is 27.3. The molecule has 1 aliphatic rings. The molecule has 2 amide bonds. The lowest BCUT2D eigenvalue weighted by Gasteiger charge is -2.30. The Labute approximate surface area is 165 Å². The van der Waals surface area contributed by atoms with Crippen LogP contribution in [-0.2, 0) is 9.53 Å². The summed E-state index contributed by atoms with van der Waals surface area (Å²) in [6.07, 6.45) is -0.272. The fourth-order valence-electron chi connectivity index (χ4n) is 3.11. The lowest BCUT2D eigenvalue weighted by atomic mass is 9.92. The molecule has 2 aromatic rings. The summed E-state index contributed by atoms with van der Waals surface area (Å²) in [6, 6.07) is 16.1. The number of anilines is 1. The second kappa shape index (κ2) is 8.17. The number of esters is 1. The normalized spacial score (nSPS) is 16.5. The molecule has 0 fully saturated rings. The van der Waals surface area contributed by atoms with Crippen LogP contribution in [0, 0.1) is 0 Å². The fourth-order valence-corrected chi connectivity index (χ4v) is 3.11. The number of ether oxygens (including phenoxy) is 1. The first kappa shape index (κ1) is 19.5. The third-order valence-corrected chi connectivity index (χ3v) is 4.44. The molecule has 1 atom stereocenters. The van der Waals surface area contributed by atoms with Gasteiger partial charge in [-0.2, -0.15) is 0 Å². The molecular weight excluding hydrogens is 354 g/mol. The van der Waals surface area contributed by atoms with E-state index >= 15 is 0 Å². The Morgan fingerprint density at radius 1 is 1.04 bits per heavy atom. The molecule has 28 heavy (non-hydrogen) atoms. The monoisotopic (exact) mass is 379 g/mol. The minimum atomic E-state index is -0.605. The van der Waals surface area contributed by atoms with Crippen molar-refractivity contribution in [1.82, 2.24) is 10.6 Å². The van der Waals surface area contributed by atoms with Crippen LogP contribution in [0.3, 0.4) is 0 Å². The maximum absolute atomic E-state index is 13.0. The Bertz CT molecular complexity index is 887. The van der Waals surface area contributed by atoms with Gasteiger partial charge in [0.1, 0.15) is 0 Å². The molecule has 0 spiro atoms. The van der Waals surface area contributed by atoms with Gasteiger partial charge in [0.05, 0.1) is 23.4 Å². The number of amides is 2.